The first kappa shape index (κ1) is 15.1. The molecule has 118 valence electrons. The number of halogens is 2. The number of nitriles is 1. The molecule has 1 amide bonds. The minimum atomic E-state index is -0.101. The first-order chi connectivity index (χ1) is 11.6. The number of aromatic nitrogens is 1. The molecule has 0 saturated heterocycles. The third-order valence-electron chi connectivity index (χ3n) is 4.21. The van der Waals surface area contributed by atoms with Crippen molar-refractivity contribution >= 4 is 40.0 Å². The van der Waals surface area contributed by atoms with E-state index in [0.29, 0.717) is 34.4 Å². The summed E-state index contributed by atoms with van der Waals surface area (Å²) in [7, 11) is 0. The van der Waals surface area contributed by atoms with Crippen molar-refractivity contribution < 1.29 is 4.79 Å². The van der Waals surface area contributed by atoms with Gasteiger partial charge in [0.2, 0.25) is 0 Å². The quantitative estimate of drug-likeness (QED) is 0.709. The lowest BCUT2D eigenvalue weighted by Gasteiger charge is -2.18. The molecular formula is C18H11Cl2N3O. The van der Waals surface area contributed by atoms with E-state index in [4.69, 9.17) is 23.2 Å². The second-order valence-electron chi connectivity index (χ2n) is 5.64. The number of benzene rings is 2. The van der Waals surface area contributed by atoms with Crippen LogP contribution in [0.2, 0.25) is 10.0 Å². The largest absolute Gasteiger partial charge is 0.349 e. The predicted molar refractivity (Wildman–Crippen MR) is 94.4 cm³/mol. The van der Waals surface area contributed by atoms with Gasteiger partial charge in [-0.2, -0.15) is 5.26 Å². The van der Waals surface area contributed by atoms with Crippen LogP contribution in [0.1, 0.15) is 16.1 Å². The molecule has 0 saturated carbocycles. The van der Waals surface area contributed by atoms with E-state index in [1.54, 1.807) is 18.2 Å². The first-order valence-electron chi connectivity index (χ1n) is 7.39. The van der Waals surface area contributed by atoms with Crippen LogP contribution in [0.25, 0.3) is 22.0 Å². The Bertz CT molecular complexity index is 1050. The molecule has 0 unspecified atom stereocenters. The van der Waals surface area contributed by atoms with Crippen LogP contribution in [0, 0.1) is 11.3 Å². The van der Waals surface area contributed by atoms with Crippen molar-refractivity contribution in [2.24, 2.45) is 0 Å². The van der Waals surface area contributed by atoms with Gasteiger partial charge in [-0.05, 0) is 35.9 Å². The maximum atomic E-state index is 12.1. The molecule has 3 aromatic rings. The number of amides is 1. The Morgan fingerprint density at radius 3 is 2.71 bits per heavy atom. The fourth-order valence-corrected chi connectivity index (χ4v) is 3.45. The van der Waals surface area contributed by atoms with Gasteiger partial charge in [-0.25, -0.2) is 0 Å². The molecule has 0 atom stereocenters. The summed E-state index contributed by atoms with van der Waals surface area (Å²) in [4.78, 5) is 12.1. The van der Waals surface area contributed by atoms with Gasteiger partial charge in [0.15, 0.2) is 0 Å². The molecule has 0 bridgehead atoms. The normalized spacial score (nSPS) is 13.5. The fourth-order valence-electron chi connectivity index (χ4n) is 3.15. The minimum Gasteiger partial charge on any atom is -0.349 e. The highest BCUT2D eigenvalue weighted by Crippen LogP contribution is 2.36. The zero-order valence-corrected chi connectivity index (χ0v) is 13.9. The Hall–Kier alpha value is -2.48. The van der Waals surface area contributed by atoms with Gasteiger partial charge < -0.3 is 9.88 Å². The summed E-state index contributed by atoms with van der Waals surface area (Å²) in [6.45, 7) is 1.27. The van der Waals surface area contributed by atoms with Gasteiger partial charge in [0.25, 0.3) is 5.91 Å². The number of carbonyl (C=O) groups excluding carboxylic acids is 1. The van der Waals surface area contributed by atoms with Crippen LogP contribution in [0.5, 0.6) is 0 Å². The second-order valence-corrected chi connectivity index (χ2v) is 6.45. The van der Waals surface area contributed by atoms with E-state index in [0.717, 1.165) is 22.0 Å². The molecule has 24 heavy (non-hydrogen) atoms. The Morgan fingerprint density at radius 1 is 1.12 bits per heavy atom. The predicted octanol–water partition coefficient (Wildman–Crippen LogP) is 4.23. The molecule has 6 heteroatoms. The van der Waals surface area contributed by atoms with E-state index in [-0.39, 0.29) is 5.91 Å². The SMILES string of the molecule is N#Cc1cc(-c2ccc(Cl)c(Cl)c2)c2c(c1)cc1n2CCNC1=O. The summed E-state index contributed by atoms with van der Waals surface area (Å²) in [6, 6.07) is 13.0. The summed E-state index contributed by atoms with van der Waals surface area (Å²) in [5.41, 5.74) is 3.79. The molecule has 4 nitrogen and oxygen atoms in total. The van der Waals surface area contributed by atoms with Gasteiger partial charge >= 0.3 is 0 Å². The molecule has 0 fully saturated rings. The van der Waals surface area contributed by atoms with Crippen molar-refractivity contribution in [1.29, 1.82) is 5.26 Å². The van der Waals surface area contributed by atoms with Crippen molar-refractivity contribution in [2.75, 3.05) is 6.54 Å². The number of carbonyl (C=O) groups is 1. The van der Waals surface area contributed by atoms with E-state index in [1.807, 2.05) is 22.8 Å². The van der Waals surface area contributed by atoms with Crippen molar-refractivity contribution in [1.82, 2.24) is 9.88 Å². The van der Waals surface area contributed by atoms with Crippen LogP contribution in [0.4, 0.5) is 0 Å². The van der Waals surface area contributed by atoms with Gasteiger partial charge in [0.05, 0.1) is 27.2 Å². The topological polar surface area (TPSA) is 57.8 Å². The molecule has 0 aliphatic carbocycles. The summed E-state index contributed by atoms with van der Waals surface area (Å²) in [5, 5.41) is 14.0. The van der Waals surface area contributed by atoms with Gasteiger partial charge in [0.1, 0.15) is 5.69 Å². The van der Waals surface area contributed by atoms with E-state index < -0.39 is 0 Å². The standard InChI is InChI=1S/C18H11Cl2N3O/c19-14-2-1-11(7-15(14)20)13-6-10(9-21)5-12-8-16-18(24)22-3-4-23(16)17(12)13/h1-2,5-8H,3-4H2,(H,22,24). The van der Waals surface area contributed by atoms with Gasteiger partial charge in [-0.3, -0.25) is 4.79 Å². The Kier molecular flexibility index (Phi) is 3.49. The van der Waals surface area contributed by atoms with Crippen LogP contribution in [0.3, 0.4) is 0 Å². The second kappa shape index (κ2) is 5.55. The van der Waals surface area contributed by atoms with Crippen molar-refractivity contribution in [3.05, 3.63) is 57.7 Å². The molecule has 1 aliphatic rings. The number of nitrogens with one attached hydrogen (secondary N) is 1. The first-order valence-corrected chi connectivity index (χ1v) is 8.15. The van der Waals surface area contributed by atoms with Crippen molar-refractivity contribution in [3.63, 3.8) is 0 Å². The summed E-state index contributed by atoms with van der Waals surface area (Å²) < 4.78 is 1.99. The highest BCUT2D eigenvalue weighted by Gasteiger charge is 2.22. The van der Waals surface area contributed by atoms with Crippen LogP contribution in [-0.2, 0) is 6.54 Å². The van der Waals surface area contributed by atoms with Crippen LogP contribution in [-0.4, -0.2) is 17.0 Å². The van der Waals surface area contributed by atoms with E-state index in [1.165, 1.54) is 0 Å². The van der Waals surface area contributed by atoms with Crippen LogP contribution in [0.15, 0.2) is 36.4 Å². The summed E-state index contributed by atoms with van der Waals surface area (Å²) in [5.74, 6) is -0.101. The smallest absolute Gasteiger partial charge is 0.268 e. The lowest BCUT2D eigenvalue weighted by molar-refractivity contribution is 0.0929. The molecule has 2 heterocycles. The molecular weight excluding hydrogens is 345 g/mol. The van der Waals surface area contributed by atoms with Gasteiger partial charge in [0, 0.05) is 24.0 Å². The van der Waals surface area contributed by atoms with Crippen molar-refractivity contribution in [2.45, 2.75) is 6.54 Å². The van der Waals surface area contributed by atoms with Crippen LogP contribution < -0.4 is 5.32 Å². The Labute approximate surface area is 148 Å². The lowest BCUT2D eigenvalue weighted by Crippen LogP contribution is -2.34. The Balaban J connectivity index is 2.08. The number of nitrogens with zero attached hydrogens (tertiary/aromatic N) is 2. The highest BCUT2D eigenvalue weighted by atomic mass is 35.5. The number of rotatable bonds is 1. The average molecular weight is 356 g/mol. The highest BCUT2D eigenvalue weighted by molar-refractivity contribution is 6.42. The third kappa shape index (κ3) is 2.25. The fraction of sp³-hybridized carbons (Fsp3) is 0.111. The molecule has 0 radical (unpaired) electrons. The monoisotopic (exact) mass is 355 g/mol. The van der Waals surface area contributed by atoms with Crippen LogP contribution >= 0.6 is 23.2 Å². The minimum absolute atomic E-state index is 0.101. The maximum absolute atomic E-state index is 12.1. The molecule has 2 aromatic carbocycles. The molecule has 4 rings (SSSR count). The molecule has 1 N–H and O–H groups in total. The zero-order valence-electron chi connectivity index (χ0n) is 12.4. The molecule has 1 aliphatic heterocycles. The van der Waals surface area contributed by atoms with Gasteiger partial charge in [-0.15, -0.1) is 0 Å². The maximum Gasteiger partial charge on any atom is 0.268 e. The number of hydrogen-bond donors (Lipinski definition) is 1. The van der Waals surface area contributed by atoms with E-state index in [9.17, 15) is 10.1 Å². The van der Waals surface area contributed by atoms with Gasteiger partial charge in [-0.1, -0.05) is 29.3 Å². The molecule has 0 spiro atoms. The third-order valence-corrected chi connectivity index (χ3v) is 4.94. The summed E-state index contributed by atoms with van der Waals surface area (Å²) in [6.07, 6.45) is 0. The van der Waals surface area contributed by atoms with E-state index >= 15 is 0 Å². The van der Waals surface area contributed by atoms with E-state index in [2.05, 4.69) is 11.4 Å². The zero-order chi connectivity index (χ0) is 16.8. The summed E-state index contributed by atoms with van der Waals surface area (Å²) >= 11 is 12.2. The average Bonchev–Trinajstić information content (AvgIpc) is 2.96. The number of fused-ring (bicyclic) bond motifs is 3. The Morgan fingerprint density at radius 2 is 1.96 bits per heavy atom. The molecule has 1 aromatic heterocycles. The van der Waals surface area contributed by atoms with Crippen molar-refractivity contribution in [3.8, 4) is 17.2 Å². The number of hydrogen-bond acceptors (Lipinski definition) is 2. The lowest BCUT2D eigenvalue weighted by atomic mass is 10.00.